The molecular weight excluding hydrogens is 263 g/mol. The standard InChI is InChI=1S/C14H25FN2O3/c1-2-3-4-9-20-10-12(18)17-7-5-11(6-8-17)13(15)14(16)19/h11,13H,2-10H2,1H3,(H2,16,19). The van der Waals surface area contributed by atoms with Gasteiger partial charge in [-0.15, -0.1) is 0 Å². The molecule has 1 rings (SSSR count). The molecule has 0 radical (unpaired) electrons. The maximum absolute atomic E-state index is 13.5. The van der Waals surface area contributed by atoms with E-state index >= 15 is 0 Å². The van der Waals surface area contributed by atoms with Gasteiger partial charge in [0.15, 0.2) is 6.17 Å². The van der Waals surface area contributed by atoms with E-state index in [1.54, 1.807) is 4.90 Å². The third kappa shape index (κ3) is 5.45. The van der Waals surface area contributed by atoms with E-state index in [0.29, 0.717) is 32.5 Å². The van der Waals surface area contributed by atoms with E-state index in [1.807, 2.05) is 0 Å². The lowest BCUT2D eigenvalue weighted by atomic mass is 9.92. The minimum atomic E-state index is -1.60. The van der Waals surface area contributed by atoms with Crippen molar-refractivity contribution in [3.8, 4) is 0 Å². The summed E-state index contributed by atoms with van der Waals surface area (Å²) >= 11 is 0. The summed E-state index contributed by atoms with van der Waals surface area (Å²) in [4.78, 5) is 24.3. The number of amides is 2. The van der Waals surface area contributed by atoms with Crippen LogP contribution in [0.5, 0.6) is 0 Å². The largest absolute Gasteiger partial charge is 0.372 e. The molecule has 116 valence electrons. The van der Waals surface area contributed by atoms with Gasteiger partial charge in [0.05, 0.1) is 0 Å². The number of carbonyl (C=O) groups excluding carboxylic acids is 2. The van der Waals surface area contributed by atoms with Crippen LogP contribution in [-0.4, -0.2) is 49.2 Å². The average Bonchev–Trinajstić information content (AvgIpc) is 2.46. The van der Waals surface area contributed by atoms with Crippen molar-refractivity contribution in [2.45, 2.75) is 45.2 Å². The number of primary amides is 1. The second-order valence-electron chi connectivity index (χ2n) is 5.28. The summed E-state index contributed by atoms with van der Waals surface area (Å²) < 4.78 is 18.8. The molecule has 1 heterocycles. The van der Waals surface area contributed by atoms with Gasteiger partial charge in [0.25, 0.3) is 5.91 Å². The molecule has 0 spiro atoms. The number of carbonyl (C=O) groups is 2. The van der Waals surface area contributed by atoms with Crippen LogP contribution < -0.4 is 5.73 Å². The Morgan fingerprint density at radius 1 is 1.35 bits per heavy atom. The normalized spacial score (nSPS) is 18.0. The Balaban J connectivity index is 2.20. The quantitative estimate of drug-likeness (QED) is 0.683. The minimum absolute atomic E-state index is 0.0607. The van der Waals surface area contributed by atoms with Crippen molar-refractivity contribution in [3.05, 3.63) is 0 Å². The van der Waals surface area contributed by atoms with Crippen molar-refractivity contribution in [3.63, 3.8) is 0 Å². The van der Waals surface area contributed by atoms with Gasteiger partial charge in [-0.2, -0.15) is 0 Å². The van der Waals surface area contributed by atoms with Crippen LogP contribution in [0.1, 0.15) is 39.0 Å². The fraction of sp³-hybridized carbons (Fsp3) is 0.857. The zero-order valence-electron chi connectivity index (χ0n) is 12.1. The van der Waals surface area contributed by atoms with E-state index in [2.05, 4.69) is 6.92 Å². The van der Waals surface area contributed by atoms with Gasteiger partial charge in [-0.1, -0.05) is 19.8 Å². The predicted molar refractivity (Wildman–Crippen MR) is 73.7 cm³/mol. The number of nitrogens with two attached hydrogens (primary N) is 1. The van der Waals surface area contributed by atoms with Crippen LogP contribution in [0.3, 0.4) is 0 Å². The highest BCUT2D eigenvalue weighted by Gasteiger charge is 2.31. The monoisotopic (exact) mass is 288 g/mol. The lowest BCUT2D eigenvalue weighted by Gasteiger charge is -2.32. The molecule has 20 heavy (non-hydrogen) atoms. The second-order valence-corrected chi connectivity index (χ2v) is 5.28. The summed E-state index contributed by atoms with van der Waals surface area (Å²) in [5.74, 6) is -1.33. The van der Waals surface area contributed by atoms with Gasteiger partial charge in [-0.3, -0.25) is 9.59 Å². The second kappa shape index (κ2) is 8.89. The van der Waals surface area contributed by atoms with Crippen molar-refractivity contribution in [1.29, 1.82) is 0 Å². The molecule has 2 amide bonds. The molecule has 1 aliphatic rings. The number of ether oxygens (including phenoxy) is 1. The SMILES string of the molecule is CCCCCOCC(=O)N1CCC(C(F)C(N)=O)CC1. The molecule has 1 fully saturated rings. The number of hydrogen-bond donors (Lipinski definition) is 1. The summed E-state index contributed by atoms with van der Waals surface area (Å²) in [5, 5.41) is 0. The third-order valence-corrected chi connectivity index (χ3v) is 3.70. The summed E-state index contributed by atoms with van der Waals surface area (Å²) in [6, 6.07) is 0. The number of rotatable bonds is 8. The van der Waals surface area contributed by atoms with Gasteiger partial charge in [0.2, 0.25) is 5.91 Å². The summed E-state index contributed by atoms with van der Waals surface area (Å²) in [5.41, 5.74) is 4.95. The fourth-order valence-corrected chi connectivity index (χ4v) is 2.38. The van der Waals surface area contributed by atoms with Crippen LogP contribution in [0.25, 0.3) is 0 Å². The fourth-order valence-electron chi connectivity index (χ4n) is 2.38. The Hall–Kier alpha value is -1.17. The van der Waals surface area contributed by atoms with E-state index in [-0.39, 0.29) is 18.4 Å². The van der Waals surface area contributed by atoms with E-state index < -0.39 is 12.1 Å². The zero-order valence-corrected chi connectivity index (χ0v) is 12.1. The Labute approximate surface area is 119 Å². The Morgan fingerprint density at radius 2 is 2.00 bits per heavy atom. The average molecular weight is 288 g/mol. The van der Waals surface area contributed by atoms with Crippen LogP contribution >= 0.6 is 0 Å². The minimum Gasteiger partial charge on any atom is -0.372 e. The molecular formula is C14H25FN2O3. The Kier molecular flexibility index (Phi) is 7.51. The maximum atomic E-state index is 13.5. The number of alkyl halides is 1. The first-order valence-corrected chi connectivity index (χ1v) is 7.35. The zero-order chi connectivity index (χ0) is 15.0. The van der Waals surface area contributed by atoms with E-state index in [0.717, 1.165) is 19.3 Å². The number of hydrogen-bond acceptors (Lipinski definition) is 3. The molecule has 1 saturated heterocycles. The molecule has 1 unspecified atom stereocenters. The van der Waals surface area contributed by atoms with Crippen LogP contribution in [0.2, 0.25) is 0 Å². The van der Waals surface area contributed by atoms with E-state index in [4.69, 9.17) is 10.5 Å². The van der Waals surface area contributed by atoms with Gasteiger partial charge >= 0.3 is 0 Å². The summed E-state index contributed by atoms with van der Waals surface area (Å²) in [6.45, 7) is 3.73. The predicted octanol–water partition coefficient (Wildman–Crippen LogP) is 1.26. The van der Waals surface area contributed by atoms with Gasteiger partial charge in [0, 0.05) is 25.6 Å². The van der Waals surface area contributed by atoms with Gasteiger partial charge in [0.1, 0.15) is 6.61 Å². The molecule has 0 aromatic rings. The van der Waals surface area contributed by atoms with Crippen LogP contribution in [-0.2, 0) is 14.3 Å². The smallest absolute Gasteiger partial charge is 0.252 e. The molecule has 0 aliphatic carbocycles. The van der Waals surface area contributed by atoms with Crippen LogP contribution in [0.4, 0.5) is 4.39 Å². The molecule has 6 heteroatoms. The van der Waals surface area contributed by atoms with E-state index in [1.165, 1.54) is 0 Å². The molecule has 1 aliphatic heterocycles. The maximum Gasteiger partial charge on any atom is 0.252 e. The highest BCUT2D eigenvalue weighted by atomic mass is 19.1. The summed E-state index contributed by atoms with van der Waals surface area (Å²) in [6.07, 6.45) is 2.54. The van der Waals surface area contributed by atoms with Gasteiger partial charge in [-0.25, -0.2) is 4.39 Å². The van der Waals surface area contributed by atoms with Crippen molar-refractivity contribution >= 4 is 11.8 Å². The van der Waals surface area contributed by atoms with Crippen molar-refractivity contribution in [2.75, 3.05) is 26.3 Å². The highest BCUT2D eigenvalue weighted by Crippen LogP contribution is 2.22. The van der Waals surface area contributed by atoms with Crippen molar-refractivity contribution in [2.24, 2.45) is 11.7 Å². The van der Waals surface area contributed by atoms with E-state index in [9.17, 15) is 14.0 Å². The van der Waals surface area contributed by atoms with Crippen molar-refractivity contribution in [1.82, 2.24) is 4.90 Å². The molecule has 0 saturated carbocycles. The summed E-state index contributed by atoms with van der Waals surface area (Å²) in [7, 11) is 0. The lowest BCUT2D eigenvalue weighted by molar-refractivity contribution is -0.138. The first-order chi connectivity index (χ1) is 9.56. The molecule has 0 aromatic carbocycles. The third-order valence-electron chi connectivity index (χ3n) is 3.70. The molecule has 0 bridgehead atoms. The molecule has 5 nitrogen and oxygen atoms in total. The first-order valence-electron chi connectivity index (χ1n) is 7.35. The first kappa shape index (κ1) is 16.9. The number of unbranched alkanes of at least 4 members (excludes halogenated alkanes) is 2. The lowest BCUT2D eigenvalue weighted by Crippen LogP contribution is -2.44. The molecule has 2 N–H and O–H groups in total. The highest BCUT2D eigenvalue weighted by molar-refractivity contribution is 5.79. The van der Waals surface area contributed by atoms with Crippen LogP contribution in [0, 0.1) is 5.92 Å². The number of nitrogens with zero attached hydrogens (tertiary/aromatic N) is 1. The number of halogens is 1. The van der Waals surface area contributed by atoms with Crippen molar-refractivity contribution < 1.29 is 18.7 Å². The van der Waals surface area contributed by atoms with Gasteiger partial charge < -0.3 is 15.4 Å². The Morgan fingerprint density at radius 3 is 2.55 bits per heavy atom. The Bertz CT molecular complexity index is 318. The van der Waals surface area contributed by atoms with Gasteiger partial charge in [-0.05, 0) is 19.3 Å². The molecule has 1 atom stereocenters. The number of likely N-dealkylation sites (tertiary alicyclic amines) is 1. The van der Waals surface area contributed by atoms with Crippen LogP contribution in [0.15, 0.2) is 0 Å². The topological polar surface area (TPSA) is 72.6 Å². The molecule has 0 aromatic heterocycles. The number of piperidine rings is 1.